The number of carboxylic acid groups (broad SMARTS) is 1. The third-order valence-electron chi connectivity index (χ3n) is 4.01. The monoisotopic (exact) mass is 332 g/mol. The van der Waals surface area contributed by atoms with Gasteiger partial charge in [-0.1, -0.05) is 27.2 Å². The number of carbonyl (C=O) groups excluding carboxylic acids is 1. The van der Waals surface area contributed by atoms with Crippen LogP contribution in [0.3, 0.4) is 0 Å². The number of aliphatic carboxylic acids is 1. The molecule has 2 amide bonds. The molecule has 0 unspecified atom stereocenters. The van der Waals surface area contributed by atoms with Crippen LogP contribution in [0.1, 0.15) is 46.5 Å². The van der Waals surface area contributed by atoms with Crippen LogP contribution in [-0.4, -0.2) is 45.1 Å². The lowest BCUT2D eigenvalue weighted by Crippen LogP contribution is -2.44. The second kappa shape index (κ2) is 9.84. The van der Waals surface area contributed by atoms with Crippen molar-refractivity contribution in [1.82, 2.24) is 10.6 Å². The summed E-state index contributed by atoms with van der Waals surface area (Å²) in [5, 5.41) is 14.2. The molecule has 0 heterocycles. The summed E-state index contributed by atoms with van der Waals surface area (Å²) in [7, 11) is -1.75. The molecule has 0 saturated carbocycles. The van der Waals surface area contributed by atoms with Crippen molar-refractivity contribution in [2.75, 3.05) is 19.7 Å². The minimum atomic E-state index is -1.75. The van der Waals surface area contributed by atoms with Crippen LogP contribution in [0.15, 0.2) is 0 Å². The van der Waals surface area contributed by atoms with Gasteiger partial charge in [-0.25, -0.2) is 4.79 Å². The summed E-state index contributed by atoms with van der Waals surface area (Å²) in [6.45, 7) is 12.5. The first-order valence-electron chi connectivity index (χ1n) is 7.94. The number of amides is 2. The molecule has 0 aromatic rings. The minimum absolute atomic E-state index is 0.172. The first-order chi connectivity index (χ1) is 10.1. The van der Waals surface area contributed by atoms with Crippen LogP contribution in [-0.2, 0) is 9.22 Å². The Bertz CT molecular complexity index is 354. The molecule has 130 valence electrons. The van der Waals surface area contributed by atoms with E-state index in [0.29, 0.717) is 26.1 Å². The fraction of sp³-hybridized carbons (Fsp3) is 0.867. The van der Waals surface area contributed by atoms with E-state index in [1.54, 1.807) is 0 Å². The van der Waals surface area contributed by atoms with Crippen molar-refractivity contribution in [3.8, 4) is 0 Å². The quantitative estimate of drug-likeness (QED) is 0.424. The Balaban J connectivity index is 3.61. The van der Waals surface area contributed by atoms with Gasteiger partial charge in [0, 0.05) is 19.5 Å². The zero-order valence-corrected chi connectivity index (χ0v) is 15.6. The zero-order valence-electron chi connectivity index (χ0n) is 14.6. The Morgan fingerprint density at radius 2 is 1.64 bits per heavy atom. The van der Waals surface area contributed by atoms with E-state index in [2.05, 4.69) is 44.5 Å². The Morgan fingerprint density at radius 3 is 2.18 bits per heavy atom. The van der Waals surface area contributed by atoms with Gasteiger partial charge in [-0.15, -0.1) is 0 Å². The summed E-state index contributed by atoms with van der Waals surface area (Å²) in [5.41, 5.74) is 0. The molecule has 0 saturated heterocycles. The number of hydrogen-bond acceptors (Lipinski definition) is 3. The maximum absolute atomic E-state index is 11.5. The fourth-order valence-corrected chi connectivity index (χ4v) is 2.58. The number of unbranched alkanes of at least 4 members (excludes halogenated alkanes) is 2. The SMILES string of the molecule is CC(C)(C)[Si](C)(C)OCCNC(=O)NCCCCCC(=O)O. The number of carbonyl (C=O) groups is 2. The molecule has 6 nitrogen and oxygen atoms in total. The normalized spacial score (nSPS) is 12.0. The third-order valence-corrected chi connectivity index (χ3v) is 8.55. The molecule has 3 N–H and O–H groups in total. The molecule has 0 spiro atoms. The predicted octanol–water partition coefficient (Wildman–Crippen LogP) is 2.95. The number of carboxylic acids is 1. The molecular formula is C15H32N2O4Si. The van der Waals surface area contributed by atoms with Gasteiger partial charge in [-0.2, -0.15) is 0 Å². The molecule has 0 aliphatic heterocycles. The maximum Gasteiger partial charge on any atom is 0.314 e. The summed E-state index contributed by atoms with van der Waals surface area (Å²) >= 11 is 0. The van der Waals surface area contributed by atoms with E-state index in [0.717, 1.165) is 12.8 Å². The summed E-state index contributed by atoms with van der Waals surface area (Å²) < 4.78 is 5.97. The van der Waals surface area contributed by atoms with Crippen LogP contribution in [0.25, 0.3) is 0 Å². The first kappa shape index (κ1) is 20.9. The van der Waals surface area contributed by atoms with Crippen LogP contribution >= 0.6 is 0 Å². The van der Waals surface area contributed by atoms with Crippen molar-refractivity contribution >= 4 is 20.3 Å². The zero-order chi connectivity index (χ0) is 17.2. The fourth-order valence-electron chi connectivity index (χ4n) is 1.53. The van der Waals surface area contributed by atoms with Gasteiger partial charge in [0.2, 0.25) is 0 Å². The Hall–Kier alpha value is -1.08. The highest BCUT2D eigenvalue weighted by Gasteiger charge is 2.36. The van der Waals surface area contributed by atoms with Gasteiger partial charge < -0.3 is 20.2 Å². The molecule has 22 heavy (non-hydrogen) atoms. The van der Waals surface area contributed by atoms with E-state index in [1.807, 2.05) is 0 Å². The average molecular weight is 333 g/mol. The molecule has 0 aliphatic carbocycles. The number of rotatable bonds is 10. The van der Waals surface area contributed by atoms with E-state index >= 15 is 0 Å². The maximum atomic E-state index is 11.5. The summed E-state index contributed by atoms with van der Waals surface area (Å²) in [6, 6.07) is -0.197. The van der Waals surface area contributed by atoms with E-state index < -0.39 is 14.3 Å². The molecule has 0 fully saturated rings. The molecule has 0 rings (SSSR count). The van der Waals surface area contributed by atoms with Crippen molar-refractivity contribution in [2.24, 2.45) is 0 Å². The summed E-state index contributed by atoms with van der Waals surface area (Å²) in [5.74, 6) is -0.771. The lowest BCUT2D eigenvalue weighted by molar-refractivity contribution is -0.137. The average Bonchev–Trinajstić information content (AvgIpc) is 2.37. The van der Waals surface area contributed by atoms with Crippen LogP contribution in [0.2, 0.25) is 18.1 Å². The van der Waals surface area contributed by atoms with Crippen LogP contribution in [0, 0.1) is 0 Å². The summed E-state index contributed by atoms with van der Waals surface area (Å²) in [4.78, 5) is 21.9. The largest absolute Gasteiger partial charge is 0.481 e. The number of hydrogen-bond donors (Lipinski definition) is 3. The highest BCUT2D eigenvalue weighted by atomic mass is 28.4. The van der Waals surface area contributed by atoms with Gasteiger partial charge in [0.25, 0.3) is 0 Å². The van der Waals surface area contributed by atoms with Gasteiger partial charge in [-0.3, -0.25) is 4.79 Å². The molecular weight excluding hydrogens is 300 g/mol. The Labute approximate surface area is 135 Å². The standard InChI is InChI=1S/C15H32N2O4Si/c1-15(2,3)22(4,5)21-12-11-17-14(20)16-10-8-6-7-9-13(18)19/h6-12H2,1-5H3,(H,18,19)(H2,16,17,20). The van der Waals surface area contributed by atoms with Gasteiger partial charge in [-0.05, 0) is 31.0 Å². The van der Waals surface area contributed by atoms with Crippen LogP contribution in [0.4, 0.5) is 4.79 Å². The Kier molecular flexibility index (Phi) is 9.35. The van der Waals surface area contributed by atoms with E-state index in [-0.39, 0.29) is 17.5 Å². The van der Waals surface area contributed by atoms with Gasteiger partial charge in [0.1, 0.15) is 0 Å². The van der Waals surface area contributed by atoms with Crippen molar-refractivity contribution < 1.29 is 19.1 Å². The molecule has 0 aliphatic rings. The lowest BCUT2D eigenvalue weighted by atomic mass is 10.2. The lowest BCUT2D eigenvalue weighted by Gasteiger charge is -2.36. The van der Waals surface area contributed by atoms with Crippen molar-refractivity contribution in [3.05, 3.63) is 0 Å². The number of nitrogens with one attached hydrogen (secondary N) is 2. The van der Waals surface area contributed by atoms with Gasteiger partial charge >= 0.3 is 12.0 Å². The Morgan fingerprint density at radius 1 is 1.05 bits per heavy atom. The van der Waals surface area contributed by atoms with E-state index in [1.165, 1.54) is 0 Å². The second-order valence-corrected chi connectivity index (χ2v) is 11.8. The molecule has 7 heteroatoms. The highest BCUT2D eigenvalue weighted by Crippen LogP contribution is 2.36. The summed E-state index contributed by atoms with van der Waals surface area (Å²) in [6.07, 6.45) is 2.44. The minimum Gasteiger partial charge on any atom is -0.481 e. The van der Waals surface area contributed by atoms with Gasteiger partial charge in [0.15, 0.2) is 8.32 Å². The van der Waals surface area contributed by atoms with Crippen LogP contribution in [0.5, 0.6) is 0 Å². The smallest absolute Gasteiger partial charge is 0.314 e. The number of urea groups is 1. The molecule has 0 aromatic heterocycles. The van der Waals surface area contributed by atoms with Crippen molar-refractivity contribution in [2.45, 2.75) is 64.6 Å². The topological polar surface area (TPSA) is 87.7 Å². The van der Waals surface area contributed by atoms with Crippen molar-refractivity contribution in [1.29, 1.82) is 0 Å². The van der Waals surface area contributed by atoms with Crippen LogP contribution < -0.4 is 10.6 Å². The first-order valence-corrected chi connectivity index (χ1v) is 10.8. The van der Waals surface area contributed by atoms with Crippen molar-refractivity contribution in [3.63, 3.8) is 0 Å². The van der Waals surface area contributed by atoms with E-state index in [4.69, 9.17) is 9.53 Å². The molecule has 0 bridgehead atoms. The van der Waals surface area contributed by atoms with Gasteiger partial charge in [0.05, 0.1) is 6.61 Å². The second-order valence-electron chi connectivity index (χ2n) is 7.00. The third kappa shape index (κ3) is 9.78. The van der Waals surface area contributed by atoms with E-state index in [9.17, 15) is 9.59 Å². The molecule has 0 radical (unpaired) electrons. The molecule has 0 atom stereocenters. The molecule has 0 aromatic carbocycles. The highest BCUT2D eigenvalue weighted by molar-refractivity contribution is 6.74. The predicted molar refractivity (Wildman–Crippen MR) is 90.7 cm³/mol.